The molecule has 5 heteroatoms. The fourth-order valence-corrected chi connectivity index (χ4v) is 2.31. The lowest BCUT2D eigenvalue weighted by molar-refractivity contribution is 0.552. The van der Waals surface area contributed by atoms with Crippen molar-refractivity contribution in [3.8, 4) is 11.8 Å². The lowest BCUT2D eigenvalue weighted by Crippen LogP contribution is -2.19. The first-order chi connectivity index (χ1) is 9.60. The van der Waals surface area contributed by atoms with Crippen LogP contribution in [0.2, 0.25) is 0 Å². The topological polar surface area (TPSA) is 53.6 Å². The average molecular weight is 380 g/mol. The Morgan fingerprint density at radius 2 is 2.25 bits per heavy atom. The minimum absolute atomic E-state index is 0.621. The van der Waals surface area contributed by atoms with E-state index in [-0.39, 0.29) is 0 Å². The normalized spacial score (nSPS) is 10.8. The summed E-state index contributed by atoms with van der Waals surface area (Å²) in [5, 5.41) is 16.9. The van der Waals surface area contributed by atoms with Crippen molar-refractivity contribution in [2.24, 2.45) is 5.92 Å². The second-order valence-electron chi connectivity index (χ2n) is 5.09. The van der Waals surface area contributed by atoms with Gasteiger partial charge in [-0.1, -0.05) is 19.9 Å². The van der Waals surface area contributed by atoms with Crippen molar-refractivity contribution in [2.75, 3.05) is 6.54 Å². The number of nitrogens with zero attached hydrogens (tertiary/aromatic N) is 3. The number of benzene rings is 1. The molecule has 0 aliphatic heterocycles. The lowest BCUT2D eigenvalue weighted by Gasteiger charge is -2.09. The summed E-state index contributed by atoms with van der Waals surface area (Å²) in [4.78, 5) is 0. The van der Waals surface area contributed by atoms with E-state index in [2.05, 4.69) is 52.9 Å². The molecule has 20 heavy (non-hydrogen) atoms. The Hall–Kier alpha value is -1.39. The van der Waals surface area contributed by atoms with Gasteiger partial charge in [0.05, 0.1) is 21.0 Å². The molecule has 0 amide bonds. The first-order valence-electron chi connectivity index (χ1n) is 6.54. The summed E-state index contributed by atoms with van der Waals surface area (Å²) in [6.07, 6.45) is 3.69. The summed E-state index contributed by atoms with van der Waals surface area (Å²) in [5.74, 6) is 0.621. The van der Waals surface area contributed by atoms with E-state index in [0.717, 1.165) is 27.9 Å². The molecule has 0 aliphatic carbocycles. The molecule has 0 atom stereocenters. The van der Waals surface area contributed by atoms with Crippen LogP contribution in [0.5, 0.6) is 0 Å². The van der Waals surface area contributed by atoms with Crippen LogP contribution >= 0.6 is 22.6 Å². The van der Waals surface area contributed by atoms with E-state index in [1.165, 1.54) is 0 Å². The molecule has 0 aliphatic rings. The molecule has 1 N–H and O–H groups in total. The second kappa shape index (κ2) is 6.86. The van der Waals surface area contributed by atoms with Crippen molar-refractivity contribution in [3.63, 3.8) is 0 Å². The zero-order valence-electron chi connectivity index (χ0n) is 11.6. The highest BCUT2D eigenvalue weighted by atomic mass is 127. The van der Waals surface area contributed by atoms with Gasteiger partial charge in [0.1, 0.15) is 6.07 Å². The van der Waals surface area contributed by atoms with Crippen LogP contribution in [-0.2, 0) is 6.54 Å². The minimum atomic E-state index is 0.621. The Balaban J connectivity index is 2.18. The lowest BCUT2D eigenvalue weighted by atomic mass is 10.1. The fraction of sp³-hybridized carbons (Fsp3) is 0.333. The molecule has 4 nitrogen and oxygen atoms in total. The van der Waals surface area contributed by atoms with Gasteiger partial charge in [-0.25, -0.2) is 4.68 Å². The van der Waals surface area contributed by atoms with Gasteiger partial charge in [0.25, 0.3) is 0 Å². The van der Waals surface area contributed by atoms with Gasteiger partial charge in [0.2, 0.25) is 0 Å². The van der Waals surface area contributed by atoms with Crippen molar-refractivity contribution < 1.29 is 0 Å². The summed E-state index contributed by atoms with van der Waals surface area (Å²) < 4.78 is 2.79. The fourth-order valence-electron chi connectivity index (χ4n) is 1.92. The molecule has 2 rings (SSSR count). The molecule has 0 bridgehead atoms. The van der Waals surface area contributed by atoms with Crippen LogP contribution in [-0.4, -0.2) is 16.3 Å². The summed E-state index contributed by atoms with van der Waals surface area (Å²) in [6, 6.07) is 8.17. The number of rotatable bonds is 5. The highest BCUT2D eigenvalue weighted by Gasteiger charge is 2.07. The van der Waals surface area contributed by atoms with Crippen molar-refractivity contribution in [1.29, 1.82) is 5.26 Å². The summed E-state index contributed by atoms with van der Waals surface area (Å²) in [6.45, 7) is 6.11. The Bertz CT molecular complexity index is 625. The molecular formula is C15H17IN4. The predicted molar refractivity (Wildman–Crippen MR) is 87.5 cm³/mol. The second-order valence-corrected chi connectivity index (χ2v) is 6.34. The molecule has 0 unspecified atom stereocenters. The van der Waals surface area contributed by atoms with Crippen LogP contribution in [0.3, 0.4) is 0 Å². The maximum atomic E-state index is 9.31. The van der Waals surface area contributed by atoms with Crippen LogP contribution in [0.4, 0.5) is 0 Å². The van der Waals surface area contributed by atoms with Crippen LogP contribution in [0, 0.1) is 20.8 Å². The Morgan fingerprint density at radius 1 is 1.45 bits per heavy atom. The molecule has 1 aromatic carbocycles. The van der Waals surface area contributed by atoms with Gasteiger partial charge in [0, 0.05) is 12.7 Å². The van der Waals surface area contributed by atoms with Crippen molar-refractivity contribution in [1.82, 2.24) is 15.1 Å². The monoisotopic (exact) mass is 380 g/mol. The molecule has 104 valence electrons. The molecular weight excluding hydrogens is 363 g/mol. The van der Waals surface area contributed by atoms with Gasteiger partial charge < -0.3 is 5.32 Å². The highest BCUT2D eigenvalue weighted by Crippen LogP contribution is 2.16. The van der Waals surface area contributed by atoms with Crippen molar-refractivity contribution in [3.05, 3.63) is 45.3 Å². The zero-order valence-corrected chi connectivity index (χ0v) is 13.8. The predicted octanol–water partition coefficient (Wildman–Crippen LogP) is 3.09. The molecule has 0 radical (unpaired) electrons. The summed E-state index contributed by atoms with van der Waals surface area (Å²) in [5.41, 5.74) is 2.59. The SMILES string of the molecule is CC(C)CNCc1ccc(-n2cc(I)cn2)c(C#N)c1. The van der Waals surface area contributed by atoms with Gasteiger partial charge in [-0.3, -0.25) is 0 Å². The van der Waals surface area contributed by atoms with Gasteiger partial charge in [0.15, 0.2) is 0 Å². The first-order valence-corrected chi connectivity index (χ1v) is 7.62. The smallest absolute Gasteiger partial charge is 0.101 e. The Labute approximate surface area is 132 Å². The third-order valence-corrected chi connectivity index (χ3v) is 3.42. The number of aromatic nitrogens is 2. The third-order valence-electron chi connectivity index (χ3n) is 2.86. The van der Waals surface area contributed by atoms with Crippen LogP contribution in [0.25, 0.3) is 5.69 Å². The van der Waals surface area contributed by atoms with Gasteiger partial charge in [-0.2, -0.15) is 10.4 Å². The maximum Gasteiger partial charge on any atom is 0.101 e. The summed E-state index contributed by atoms with van der Waals surface area (Å²) in [7, 11) is 0. The van der Waals surface area contributed by atoms with Gasteiger partial charge in [-0.05, 0) is 52.7 Å². The quantitative estimate of drug-likeness (QED) is 0.812. The highest BCUT2D eigenvalue weighted by molar-refractivity contribution is 14.1. The standard InChI is InChI=1S/C15H17IN4/c1-11(2)7-18-8-12-3-4-15(13(5-12)6-17)20-10-14(16)9-19-20/h3-5,9-11,18H,7-8H2,1-2H3. The first kappa shape index (κ1) is 15.0. The van der Waals surface area contributed by atoms with E-state index < -0.39 is 0 Å². The maximum absolute atomic E-state index is 9.31. The molecule has 0 saturated carbocycles. The molecule has 1 aromatic heterocycles. The van der Waals surface area contributed by atoms with Gasteiger partial charge >= 0.3 is 0 Å². The molecule has 0 saturated heterocycles. The number of nitriles is 1. The zero-order chi connectivity index (χ0) is 14.5. The van der Waals surface area contributed by atoms with Crippen molar-refractivity contribution >= 4 is 22.6 Å². The number of hydrogen-bond acceptors (Lipinski definition) is 3. The minimum Gasteiger partial charge on any atom is -0.312 e. The molecule has 1 heterocycles. The molecule has 2 aromatic rings. The van der Waals surface area contributed by atoms with E-state index >= 15 is 0 Å². The Morgan fingerprint density at radius 3 is 2.85 bits per heavy atom. The molecule has 0 fully saturated rings. The number of nitrogens with one attached hydrogen (secondary N) is 1. The van der Waals surface area contributed by atoms with Crippen LogP contribution in [0.1, 0.15) is 25.0 Å². The third kappa shape index (κ3) is 3.81. The van der Waals surface area contributed by atoms with Crippen LogP contribution in [0.15, 0.2) is 30.6 Å². The van der Waals surface area contributed by atoms with Crippen LogP contribution < -0.4 is 5.32 Å². The van der Waals surface area contributed by atoms with E-state index in [1.54, 1.807) is 10.9 Å². The summed E-state index contributed by atoms with van der Waals surface area (Å²) >= 11 is 2.21. The van der Waals surface area contributed by atoms with E-state index in [0.29, 0.717) is 11.5 Å². The van der Waals surface area contributed by atoms with E-state index in [9.17, 15) is 5.26 Å². The largest absolute Gasteiger partial charge is 0.312 e. The number of hydrogen-bond donors (Lipinski definition) is 1. The number of halogens is 1. The Kier molecular flexibility index (Phi) is 5.15. The average Bonchev–Trinajstić information content (AvgIpc) is 2.84. The van der Waals surface area contributed by atoms with Gasteiger partial charge in [-0.15, -0.1) is 0 Å². The molecule has 0 spiro atoms. The van der Waals surface area contributed by atoms with Crippen molar-refractivity contribution in [2.45, 2.75) is 20.4 Å². The van der Waals surface area contributed by atoms with E-state index in [4.69, 9.17) is 0 Å². The van der Waals surface area contributed by atoms with E-state index in [1.807, 2.05) is 24.4 Å².